The first-order valence-electron chi connectivity index (χ1n) is 8.10. The van der Waals surface area contributed by atoms with Gasteiger partial charge in [0.1, 0.15) is 5.60 Å². The molecule has 2 unspecified atom stereocenters. The molecule has 0 saturated carbocycles. The minimum Gasteiger partial charge on any atom is -0.444 e. The van der Waals surface area contributed by atoms with Crippen molar-refractivity contribution in [1.29, 1.82) is 0 Å². The van der Waals surface area contributed by atoms with Gasteiger partial charge in [0.15, 0.2) is 0 Å². The third-order valence-electron chi connectivity index (χ3n) is 4.09. The topological polar surface area (TPSA) is 29.5 Å². The third-order valence-corrected chi connectivity index (χ3v) is 4.09. The van der Waals surface area contributed by atoms with Gasteiger partial charge in [-0.25, -0.2) is 4.79 Å². The summed E-state index contributed by atoms with van der Waals surface area (Å²) in [5, 5.41) is 0. The summed E-state index contributed by atoms with van der Waals surface area (Å²) < 4.78 is 5.59. The second-order valence-corrected chi connectivity index (χ2v) is 7.55. The zero-order valence-electron chi connectivity index (χ0n) is 14.1. The number of piperidine rings is 1. The van der Waals surface area contributed by atoms with E-state index < -0.39 is 5.60 Å². The van der Waals surface area contributed by atoms with Crippen LogP contribution >= 0.6 is 0 Å². The van der Waals surface area contributed by atoms with E-state index in [0.717, 1.165) is 25.7 Å². The van der Waals surface area contributed by atoms with Crippen LogP contribution in [-0.4, -0.2) is 28.7 Å². The van der Waals surface area contributed by atoms with Crippen LogP contribution in [0.25, 0.3) is 0 Å². The fourth-order valence-electron chi connectivity index (χ4n) is 3.20. The number of amides is 1. The maximum atomic E-state index is 12.5. The molecule has 3 heteroatoms. The quantitative estimate of drug-likeness (QED) is 0.682. The highest BCUT2D eigenvalue weighted by atomic mass is 16.6. The zero-order chi connectivity index (χ0) is 15.6. The average molecular weight is 291 g/mol. The Bertz CT molecular complexity index is 452. The summed E-state index contributed by atoms with van der Waals surface area (Å²) in [6.07, 6.45) is 9.84. The van der Waals surface area contributed by atoms with Gasteiger partial charge in [-0.3, -0.25) is 4.90 Å². The first-order valence-corrected chi connectivity index (χ1v) is 8.10. The van der Waals surface area contributed by atoms with Gasteiger partial charge < -0.3 is 4.74 Å². The zero-order valence-corrected chi connectivity index (χ0v) is 14.1. The Balaban J connectivity index is 2.12. The number of nitrogens with zero attached hydrogens (tertiary/aromatic N) is 1. The maximum absolute atomic E-state index is 12.5. The van der Waals surface area contributed by atoms with Gasteiger partial charge in [-0.1, -0.05) is 23.3 Å². The second-order valence-electron chi connectivity index (χ2n) is 7.55. The van der Waals surface area contributed by atoms with Crippen molar-refractivity contribution in [3.8, 4) is 0 Å². The van der Waals surface area contributed by atoms with Gasteiger partial charge in [0, 0.05) is 6.04 Å². The van der Waals surface area contributed by atoms with E-state index in [1.165, 1.54) is 17.6 Å². The van der Waals surface area contributed by atoms with Crippen LogP contribution in [0.2, 0.25) is 0 Å². The van der Waals surface area contributed by atoms with Crippen LogP contribution in [-0.2, 0) is 4.74 Å². The molecule has 0 radical (unpaired) electrons. The van der Waals surface area contributed by atoms with Crippen molar-refractivity contribution < 1.29 is 9.53 Å². The van der Waals surface area contributed by atoms with E-state index in [4.69, 9.17) is 4.74 Å². The van der Waals surface area contributed by atoms with E-state index in [2.05, 4.69) is 26.0 Å². The van der Waals surface area contributed by atoms with Gasteiger partial charge in [0.25, 0.3) is 0 Å². The van der Waals surface area contributed by atoms with Gasteiger partial charge >= 0.3 is 6.09 Å². The SMILES string of the molecule is CC(C)=CCC1=CC2CCCC(C1)N2C(=O)OC(C)(C)C. The van der Waals surface area contributed by atoms with E-state index in [9.17, 15) is 4.79 Å². The molecule has 1 fully saturated rings. The molecular weight excluding hydrogens is 262 g/mol. The van der Waals surface area contributed by atoms with Gasteiger partial charge in [0.2, 0.25) is 0 Å². The van der Waals surface area contributed by atoms with Gasteiger partial charge in [0.05, 0.1) is 6.04 Å². The van der Waals surface area contributed by atoms with Crippen LogP contribution in [0, 0.1) is 0 Å². The highest BCUT2D eigenvalue weighted by molar-refractivity contribution is 5.70. The van der Waals surface area contributed by atoms with E-state index in [-0.39, 0.29) is 12.1 Å². The first kappa shape index (κ1) is 16.1. The summed E-state index contributed by atoms with van der Waals surface area (Å²) in [7, 11) is 0. The number of fused-ring (bicyclic) bond motifs is 2. The highest BCUT2D eigenvalue weighted by Crippen LogP contribution is 2.35. The number of hydrogen-bond acceptors (Lipinski definition) is 2. The molecule has 2 rings (SSSR count). The van der Waals surface area contributed by atoms with Crippen molar-refractivity contribution in [3.05, 3.63) is 23.3 Å². The molecule has 118 valence electrons. The van der Waals surface area contributed by atoms with Gasteiger partial charge in [-0.2, -0.15) is 0 Å². The van der Waals surface area contributed by atoms with Crippen LogP contribution in [0.1, 0.15) is 66.7 Å². The minimum atomic E-state index is -0.419. The highest BCUT2D eigenvalue weighted by Gasteiger charge is 2.38. The maximum Gasteiger partial charge on any atom is 0.411 e. The van der Waals surface area contributed by atoms with E-state index >= 15 is 0 Å². The summed E-state index contributed by atoms with van der Waals surface area (Å²) in [6, 6.07) is 0.553. The monoisotopic (exact) mass is 291 g/mol. The Labute approximate surface area is 129 Å². The first-order chi connectivity index (χ1) is 9.76. The number of carbonyl (C=O) groups is 1. The molecule has 21 heavy (non-hydrogen) atoms. The molecule has 3 nitrogen and oxygen atoms in total. The lowest BCUT2D eigenvalue weighted by molar-refractivity contribution is -0.00148. The van der Waals surface area contributed by atoms with E-state index in [0.29, 0.717) is 6.04 Å². The van der Waals surface area contributed by atoms with Crippen molar-refractivity contribution in [2.24, 2.45) is 0 Å². The molecule has 0 N–H and O–H groups in total. The Morgan fingerprint density at radius 2 is 2.10 bits per heavy atom. The standard InChI is InChI=1S/C18H29NO2/c1-13(2)9-10-14-11-15-7-6-8-16(12-14)19(15)17(20)21-18(3,4)5/h9,11,15-16H,6-8,10,12H2,1-5H3. The molecule has 2 aliphatic heterocycles. The molecule has 0 aromatic carbocycles. The molecule has 2 atom stereocenters. The molecule has 2 heterocycles. The molecule has 2 aliphatic rings. The van der Waals surface area contributed by atoms with E-state index in [1.54, 1.807) is 0 Å². The fraction of sp³-hybridized carbons (Fsp3) is 0.722. The van der Waals surface area contributed by atoms with Crippen molar-refractivity contribution in [3.63, 3.8) is 0 Å². The smallest absolute Gasteiger partial charge is 0.411 e. The predicted octanol–water partition coefficient (Wildman–Crippen LogP) is 4.83. The number of hydrogen-bond donors (Lipinski definition) is 0. The summed E-state index contributed by atoms with van der Waals surface area (Å²) >= 11 is 0. The molecule has 0 aromatic heterocycles. The summed E-state index contributed by atoms with van der Waals surface area (Å²) in [6.45, 7) is 10.1. The third kappa shape index (κ3) is 4.36. The lowest BCUT2D eigenvalue weighted by Crippen LogP contribution is -2.53. The fourth-order valence-corrected chi connectivity index (χ4v) is 3.20. The second kappa shape index (κ2) is 6.25. The van der Waals surface area contributed by atoms with Crippen LogP contribution in [0.3, 0.4) is 0 Å². The normalized spacial score (nSPS) is 25.2. The summed E-state index contributed by atoms with van der Waals surface area (Å²) in [4.78, 5) is 14.4. The predicted molar refractivity (Wildman–Crippen MR) is 86.2 cm³/mol. The number of ether oxygens (including phenoxy) is 1. The largest absolute Gasteiger partial charge is 0.444 e. The van der Waals surface area contributed by atoms with Crippen molar-refractivity contribution >= 4 is 6.09 Å². The van der Waals surface area contributed by atoms with Crippen LogP contribution < -0.4 is 0 Å². The van der Waals surface area contributed by atoms with Crippen molar-refractivity contribution in [2.45, 2.75) is 84.4 Å². The number of allylic oxidation sites excluding steroid dienone is 2. The summed E-state index contributed by atoms with van der Waals surface area (Å²) in [5.74, 6) is 0. The van der Waals surface area contributed by atoms with Crippen molar-refractivity contribution in [2.75, 3.05) is 0 Å². The number of rotatable bonds is 2. The van der Waals surface area contributed by atoms with Gasteiger partial charge in [-0.05, 0) is 66.7 Å². The molecule has 2 bridgehead atoms. The molecular formula is C18H29NO2. The van der Waals surface area contributed by atoms with Crippen molar-refractivity contribution in [1.82, 2.24) is 4.90 Å². The lowest BCUT2D eigenvalue weighted by atomic mass is 9.84. The molecule has 1 saturated heterocycles. The minimum absolute atomic E-state index is 0.144. The van der Waals surface area contributed by atoms with E-state index in [1.807, 2.05) is 25.7 Å². The Morgan fingerprint density at radius 3 is 2.67 bits per heavy atom. The molecule has 0 aromatic rings. The molecule has 0 spiro atoms. The molecule has 0 aliphatic carbocycles. The molecule has 1 amide bonds. The van der Waals surface area contributed by atoms with Crippen LogP contribution in [0.5, 0.6) is 0 Å². The number of carbonyl (C=O) groups excluding carboxylic acids is 1. The Kier molecular flexibility index (Phi) is 4.80. The summed E-state index contributed by atoms with van der Waals surface area (Å²) in [5.41, 5.74) is 2.42. The van der Waals surface area contributed by atoms with Crippen LogP contribution in [0.4, 0.5) is 4.79 Å². The average Bonchev–Trinajstić information content (AvgIpc) is 2.32. The Hall–Kier alpha value is -1.25. The Morgan fingerprint density at radius 1 is 1.38 bits per heavy atom. The van der Waals surface area contributed by atoms with Gasteiger partial charge in [-0.15, -0.1) is 0 Å². The van der Waals surface area contributed by atoms with Crippen LogP contribution in [0.15, 0.2) is 23.3 Å². The lowest BCUT2D eigenvalue weighted by Gasteiger charge is -2.45.